The van der Waals surface area contributed by atoms with E-state index in [1.165, 1.54) is 17.5 Å². The van der Waals surface area contributed by atoms with E-state index in [0.29, 0.717) is 6.61 Å². The molecular formula is C10H14N2O3S. The van der Waals surface area contributed by atoms with Crippen molar-refractivity contribution in [2.45, 2.75) is 26.0 Å². The molecule has 0 radical (unpaired) electrons. The van der Waals surface area contributed by atoms with Gasteiger partial charge in [-0.25, -0.2) is 9.78 Å². The molecule has 88 valence electrons. The Morgan fingerprint density at radius 3 is 3.06 bits per heavy atom. The zero-order chi connectivity index (χ0) is 11.7. The first-order chi connectivity index (χ1) is 7.58. The third-order valence-corrected chi connectivity index (χ3v) is 3.58. The summed E-state index contributed by atoms with van der Waals surface area (Å²) in [4.78, 5) is 17.3. The molecule has 0 aromatic carbocycles. The number of carboxylic acid groups (broad SMARTS) is 1. The fraction of sp³-hybridized carbons (Fsp3) is 0.600. The number of hydrogen-bond donors (Lipinski definition) is 1. The topological polar surface area (TPSA) is 62.7 Å². The van der Waals surface area contributed by atoms with Crippen LogP contribution in [0.2, 0.25) is 0 Å². The highest BCUT2D eigenvalue weighted by Gasteiger charge is 2.26. The fourth-order valence-electron chi connectivity index (χ4n) is 1.67. The van der Waals surface area contributed by atoms with Gasteiger partial charge in [0.05, 0.1) is 24.9 Å². The van der Waals surface area contributed by atoms with E-state index in [0.717, 1.165) is 11.7 Å². The van der Waals surface area contributed by atoms with Gasteiger partial charge in [0, 0.05) is 6.54 Å². The molecule has 0 spiro atoms. The van der Waals surface area contributed by atoms with Crippen molar-refractivity contribution in [2.24, 2.45) is 0 Å². The Morgan fingerprint density at radius 1 is 1.69 bits per heavy atom. The number of thiazole rings is 1. The van der Waals surface area contributed by atoms with Crippen LogP contribution in [0.3, 0.4) is 0 Å². The van der Waals surface area contributed by atoms with Gasteiger partial charge in [-0.2, -0.15) is 0 Å². The normalized spacial score (nSPS) is 25.8. The van der Waals surface area contributed by atoms with Crippen LogP contribution >= 0.6 is 11.3 Å². The Labute approximate surface area is 97.7 Å². The van der Waals surface area contributed by atoms with Gasteiger partial charge in [-0.3, -0.25) is 0 Å². The Hall–Kier alpha value is -1.14. The molecule has 1 aromatic rings. The molecule has 0 aliphatic carbocycles. The smallest absolute Gasteiger partial charge is 0.347 e. The summed E-state index contributed by atoms with van der Waals surface area (Å²) in [6.45, 7) is 5.47. The van der Waals surface area contributed by atoms with E-state index in [4.69, 9.17) is 9.84 Å². The molecule has 1 N–H and O–H groups in total. The van der Waals surface area contributed by atoms with Crippen LogP contribution in [0.4, 0.5) is 5.13 Å². The van der Waals surface area contributed by atoms with Crippen molar-refractivity contribution in [1.82, 2.24) is 4.98 Å². The van der Waals surface area contributed by atoms with Gasteiger partial charge < -0.3 is 14.7 Å². The van der Waals surface area contributed by atoms with Crippen molar-refractivity contribution in [3.05, 3.63) is 11.1 Å². The van der Waals surface area contributed by atoms with Gasteiger partial charge in [0.25, 0.3) is 0 Å². The molecule has 0 bridgehead atoms. The maximum absolute atomic E-state index is 10.8. The molecular weight excluding hydrogens is 228 g/mol. The summed E-state index contributed by atoms with van der Waals surface area (Å²) in [5.74, 6) is -0.919. The number of carboxylic acids is 1. The number of morpholine rings is 1. The lowest BCUT2D eigenvalue weighted by molar-refractivity contribution is 0.0343. The van der Waals surface area contributed by atoms with Crippen molar-refractivity contribution < 1.29 is 14.6 Å². The van der Waals surface area contributed by atoms with Gasteiger partial charge in [-0.1, -0.05) is 11.3 Å². The molecule has 1 aromatic heterocycles. The molecule has 0 amide bonds. The Balaban J connectivity index is 2.18. The SMILES string of the molecule is CC1CN(c2ncc(C(=O)O)s2)C(C)CO1. The minimum atomic E-state index is -0.919. The van der Waals surface area contributed by atoms with E-state index < -0.39 is 5.97 Å². The average molecular weight is 242 g/mol. The first-order valence-corrected chi connectivity index (χ1v) is 5.97. The highest BCUT2D eigenvalue weighted by atomic mass is 32.1. The van der Waals surface area contributed by atoms with Gasteiger partial charge in [-0.15, -0.1) is 0 Å². The molecule has 2 rings (SSSR count). The van der Waals surface area contributed by atoms with E-state index in [2.05, 4.69) is 9.88 Å². The van der Waals surface area contributed by atoms with Crippen molar-refractivity contribution in [1.29, 1.82) is 0 Å². The first-order valence-electron chi connectivity index (χ1n) is 5.15. The van der Waals surface area contributed by atoms with Gasteiger partial charge in [0.1, 0.15) is 4.88 Å². The molecule has 1 fully saturated rings. The monoisotopic (exact) mass is 242 g/mol. The zero-order valence-electron chi connectivity index (χ0n) is 9.21. The first kappa shape index (κ1) is 11.3. The quantitative estimate of drug-likeness (QED) is 0.850. The number of hydrogen-bond acceptors (Lipinski definition) is 5. The van der Waals surface area contributed by atoms with Crippen LogP contribution in [0.5, 0.6) is 0 Å². The van der Waals surface area contributed by atoms with Crippen LogP contribution in [0, 0.1) is 0 Å². The van der Waals surface area contributed by atoms with Gasteiger partial charge in [0.2, 0.25) is 0 Å². The summed E-state index contributed by atoms with van der Waals surface area (Å²) in [6, 6.07) is 0.240. The van der Waals surface area contributed by atoms with Gasteiger partial charge in [0.15, 0.2) is 5.13 Å². The molecule has 1 aliphatic heterocycles. The summed E-state index contributed by atoms with van der Waals surface area (Å²) in [5, 5.41) is 9.61. The lowest BCUT2D eigenvalue weighted by atomic mass is 10.2. The number of aromatic carboxylic acids is 1. The molecule has 16 heavy (non-hydrogen) atoms. The van der Waals surface area contributed by atoms with Crippen LogP contribution in [0.25, 0.3) is 0 Å². The van der Waals surface area contributed by atoms with E-state index in [1.807, 2.05) is 13.8 Å². The van der Waals surface area contributed by atoms with Crippen molar-refractivity contribution in [3.63, 3.8) is 0 Å². The number of anilines is 1. The van der Waals surface area contributed by atoms with E-state index in [-0.39, 0.29) is 17.0 Å². The molecule has 2 unspecified atom stereocenters. The van der Waals surface area contributed by atoms with E-state index in [1.54, 1.807) is 0 Å². The minimum absolute atomic E-state index is 0.161. The highest BCUT2D eigenvalue weighted by Crippen LogP contribution is 2.26. The standard InChI is InChI=1S/C10H14N2O3S/c1-6-5-15-7(2)4-12(6)10-11-3-8(16-10)9(13)14/h3,6-7H,4-5H2,1-2H3,(H,13,14). The van der Waals surface area contributed by atoms with E-state index in [9.17, 15) is 4.79 Å². The predicted molar refractivity (Wildman–Crippen MR) is 61.3 cm³/mol. The second-order valence-corrected chi connectivity index (χ2v) is 4.97. The second-order valence-electron chi connectivity index (χ2n) is 3.96. The van der Waals surface area contributed by atoms with Crippen LogP contribution in [0.15, 0.2) is 6.20 Å². The number of ether oxygens (including phenoxy) is 1. The Morgan fingerprint density at radius 2 is 2.44 bits per heavy atom. The van der Waals surface area contributed by atoms with Gasteiger partial charge in [-0.05, 0) is 13.8 Å². The summed E-state index contributed by atoms with van der Waals surface area (Å²) in [7, 11) is 0. The minimum Gasteiger partial charge on any atom is -0.477 e. The van der Waals surface area contributed by atoms with Crippen molar-refractivity contribution in [3.8, 4) is 0 Å². The molecule has 0 saturated carbocycles. The average Bonchev–Trinajstić information content (AvgIpc) is 2.70. The molecule has 1 aliphatic rings. The zero-order valence-corrected chi connectivity index (χ0v) is 10.0. The van der Waals surface area contributed by atoms with E-state index >= 15 is 0 Å². The largest absolute Gasteiger partial charge is 0.477 e. The summed E-state index contributed by atoms with van der Waals surface area (Å²) in [6.07, 6.45) is 1.57. The summed E-state index contributed by atoms with van der Waals surface area (Å²) in [5.41, 5.74) is 0. The molecule has 2 heterocycles. The number of rotatable bonds is 2. The number of aromatic nitrogens is 1. The van der Waals surface area contributed by atoms with Crippen molar-refractivity contribution >= 4 is 22.4 Å². The third kappa shape index (κ3) is 2.17. The summed E-state index contributed by atoms with van der Waals surface area (Å²) >= 11 is 1.21. The van der Waals surface area contributed by atoms with Crippen LogP contribution < -0.4 is 4.90 Å². The lowest BCUT2D eigenvalue weighted by Crippen LogP contribution is -2.47. The Bertz CT molecular complexity index is 393. The maximum atomic E-state index is 10.8. The Kier molecular flexibility index (Phi) is 3.11. The molecule has 1 saturated heterocycles. The maximum Gasteiger partial charge on any atom is 0.347 e. The third-order valence-electron chi connectivity index (χ3n) is 2.56. The number of nitrogens with zero attached hydrogens (tertiary/aromatic N) is 2. The molecule has 6 heteroatoms. The van der Waals surface area contributed by atoms with Gasteiger partial charge >= 0.3 is 5.97 Å². The summed E-state index contributed by atoms with van der Waals surface area (Å²) < 4.78 is 5.51. The molecule has 5 nitrogen and oxygen atoms in total. The number of carbonyl (C=O) groups is 1. The molecule has 2 atom stereocenters. The van der Waals surface area contributed by atoms with Crippen LogP contribution in [0.1, 0.15) is 23.5 Å². The van der Waals surface area contributed by atoms with Crippen LogP contribution in [-0.2, 0) is 4.74 Å². The fourth-order valence-corrected chi connectivity index (χ4v) is 2.53. The van der Waals surface area contributed by atoms with Crippen LogP contribution in [-0.4, -0.2) is 41.4 Å². The predicted octanol–water partition coefficient (Wildman–Crippen LogP) is 1.45. The lowest BCUT2D eigenvalue weighted by Gasteiger charge is -2.36. The van der Waals surface area contributed by atoms with Crippen molar-refractivity contribution in [2.75, 3.05) is 18.1 Å². The highest BCUT2D eigenvalue weighted by molar-refractivity contribution is 7.17. The second kappa shape index (κ2) is 4.39.